The van der Waals surface area contributed by atoms with Gasteiger partial charge in [-0.25, -0.2) is 0 Å². The van der Waals surface area contributed by atoms with Crippen LogP contribution >= 0.6 is 0 Å². The van der Waals surface area contributed by atoms with E-state index in [-0.39, 0.29) is 5.84 Å². The van der Waals surface area contributed by atoms with Gasteiger partial charge in [-0.1, -0.05) is 12.2 Å². The molecule has 5 N–H and O–H groups in total. The Hall–Kier alpha value is -1.25. The van der Waals surface area contributed by atoms with Gasteiger partial charge in [0.25, 0.3) is 0 Å². The Morgan fingerprint density at radius 3 is 2.20 bits per heavy atom. The average Bonchev–Trinajstić information content (AvgIpc) is 1.87. The van der Waals surface area contributed by atoms with Crippen molar-refractivity contribution in [3.05, 3.63) is 23.4 Å². The van der Waals surface area contributed by atoms with E-state index >= 15 is 0 Å². The molecule has 0 saturated carbocycles. The lowest BCUT2D eigenvalue weighted by atomic mass is 10.2. The van der Waals surface area contributed by atoms with E-state index in [9.17, 15) is 0 Å². The van der Waals surface area contributed by atoms with Gasteiger partial charge in [-0.05, 0) is 19.4 Å². The molecular formula is C7H13N3. The molecule has 0 saturated heterocycles. The van der Waals surface area contributed by atoms with Crippen LogP contribution in [0.25, 0.3) is 0 Å². The van der Waals surface area contributed by atoms with Crippen LogP contribution in [0.4, 0.5) is 0 Å². The molecule has 0 aromatic rings. The van der Waals surface area contributed by atoms with E-state index in [4.69, 9.17) is 16.9 Å². The van der Waals surface area contributed by atoms with Gasteiger partial charge >= 0.3 is 0 Å². The summed E-state index contributed by atoms with van der Waals surface area (Å²) in [6, 6.07) is 0. The zero-order valence-corrected chi connectivity index (χ0v) is 6.31. The van der Waals surface area contributed by atoms with Crippen LogP contribution in [-0.4, -0.2) is 5.84 Å². The van der Waals surface area contributed by atoms with Crippen LogP contribution < -0.4 is 11.5 Å². The molecule has 3 nitrogen and oxygen atoms in total. The Morgan fingerprint density at radius 2 is 1.90 bits per heavy atom. The minimum Gasteiger partial charge on any atom is -0.396 e. The third kappa shape index (κ3) is 2.35. The first-order valence-electron chi connectivity index (χ1n) is 3.03. The summed E-state index contributed by atoms with van der Waals surface area (Å²) >= 11 is 0. The van der Waals surface area contributed by atoms with E-state index in [1.807, 2.05) is 26.0 Å². The first-order valence-corrected chi connectivity index (χ1v) is 3.03. The smallest absolute Gasteiger partial charge is 0.139 e. The Bertz CT molecular complexity index is 189. The lowest BCUT2D eigenvalue weighted by Crippen LogP contribution is -2.20. The van der Waals surface area contributed by atoms with Crippen LogP contribution in [0.1, 0.15) is 13.8 Å². The highest BCUT2D eigenvalue weighted by Crippen LogP contribution is 1.98. The lowest BCUT2D eigenvalue weighted by molar-refractivity contribution is 1.29. The van der Waals surface area contributed by atoms with E-state index in [0.717, 1.165) is 5.57 Å². The summed E-state index contributed by atoms with van der Waals surface area (Å²) in [7, 11) is 0. The highest BCUT2D eigenvalue weighted by atomic mass is 14.8. The molecule has 0 aliphatic heterocycles. The number of amidine groups is 1. The van der Waals surface area contributed by atoms with Gasteiger partial charge in [0.2, 0.25) is 0 Å². The zero-order chi connectivity index (χ0) is 8.15. The third-order valence-electron chi connectivity index (χ3n) is 1.13. The summed E-state index contributed by atoms with van der Waals surface area (Å²) in [5, 5.41) is 6.97. The minimum absolute atomic E-state index is 0.0735. The topological polar surface area (TPSA) is 75.9 Å². The van der Waals surface area contributed by atoms with Gasteiger partial charge in [-0.3, -0.25) is 5.41 Å². The summed E-state index contributed by atoms with van der Waals surface area (Å²) in [5.74, 6) is -0.0735. The van der Waals surface area contributed by atoms with E-state index in [1.165, 1.54) is 0 Å². The molecule has 0 heterocycles. The predicted octanol–water partition coefficient (Wildman–Crippen LogP) is 0.731. The number of rotatable bonds is 2. The Morgan fingerprint density at radius 1 is 1.40 bits per heavy atom. The fraction of sp³-hybridized carbons (Fsp3) is 0.286. The molecule has 0 fully saturated rings. The largest absolute Gasteiger partial charge is 0.396 e. The Balaban J connectivity index is 4.50. The summed E-state index contributed by atoms with van der Waals surface area (Å²) in [4.78, 5) is 0. The van der Waals surface area contributed by atoms with Gasteiger partial charge in [0.05, 0.1) is 5.70 Å². The van der Waals surface area contributed by atoms with Crippen molar-refractivity contribution < 1.29 is 0 Å². The molecule has 0 aromatic carbocycles. The van der Waals surface area contributed by atoms with Crippen molar-refractivity contribution in [1.82, 2.24) is 0 Å². The average molecular weight is 139 g/mol. The standard InChI is InChI=1S/C7H13N3/c1-3-4-5(2)6(8)7(9)10/h3-4H,8H2,1-2H3,(H3,9,10)/b4-3-,6-5+. The number of allylic oxidation sites excluding steroid dienone is 3. The molecule has 0 rings (SSSR count). The van der Waals surface area contributed by atoms with Gasteiger partial charge in [-0.2, -0.15) is 0 Å². The fourth-order valence-electron chi connectivity index (χ4n) is 0.552. The molecule has 0 aromatic heterocycles. The van der Waals surface area contributed by atoms with Crippen LogP contribution in [0.15, 0.2) is 23.4 Å². The fourth-order valence-corrected chi connectivity index (χ4v) is 0.552. The first-order chi connectivity index (χ1) is 4.59. The molecule has 3 heteroatoms. The second-order valence-corrected chi connectivity index (χ2v) is 2.01. The molecule has 0 bridgehead atoms. The molecule has 56 valence electrons. The monoisotopic (exact) mass is 139 g/mol. The zero-order valence-electron chi connectivity index (χ0n) is 6.31. The van der Waals surface area contributed by atoms with Crippen LogP contribution in [0.3, 0.4) is 0 Å². The van der Waals surface area contributed by atoms with E-state index in [0.29, 0.717) is 5.70 Å². The van der Waals surface area contributed by atoms with Gasteiger partial charge in [0.1, 0.15) is 5.84 Å². The van der Waals surface area contributed by atoms with Crippen molar-refractivity contribution in [2.24, 2.45) is 11.5 Å². The van der Waals surface area contributed by atoms with E-state index in [2.05, 4.69) is 0 Å². The predicted molar refractivity (Wildman–Crippen MR) is 43.6 cm³/mol. The Kier molecular flexibility index (Phi) is 3.25. The second kappa shape index (κ2) is 3.71. The first kappa shape index (κ1) is 8.75. The van der Waals surface area contributed by atoms with Gasteiger partial charge < -0.3 is 11.5 Å². The highest BCUT2D eigenvalue weighted by Gasteiger charge is 1.95. The maximum Gasteiger partial charge on any atom is 0.139 e. The molecule has 0 unspecified atom stereocenters. The molecule has 10 heavy (non-hydrogen) atoms. The summed E-state index contributed by atoms with van der Waals surface area (Å²) in [6.07, 6.45) is 3.67. The summed E-state index contributed by atoms with van der Waals surface area (Å²) in [5.41, 5.74) is 11.7. The number of nitrogens with two attached hydrogens (primary N) is 2. The Labute approximate surface area is 60.9 Å². The molecule has 0 aliphatic rings. The molecular weight excluding hydrogens is 126 g/mol. The van der Waals surface area contributed by atoms with Crippen LogP contribution in [0.5, 0.6) is 0 Å². The van der Waals surface area contributed by atoms with Crippen molar-refractivity contribution in [3.63, 3.8) is 0 Å². The minimum atomic E-state index is -0.0735. The van der Waals surface area contributed by atoms with Crippen molar-refractivity contribution >= 4 is 5.84 Å². The van der Waals surface area contributed by atoms with Crippen LogP contribution in [0, 0.1) is 5.41 Å². The molecule has 0 amide bonds. The van der Waals surface area contributed by atoms with Gasteiger partial charge in [0, 0.05) is 0 Å². The summed E-state index contributed by atoms with van der Waals surface area (Å²) < 4.78 is 0. The van der Waals surface area contributed by atoms with Gasteiger partial charge in [-0.15, -0.1) is 0 Å². The normalized spacial score (nSPS) is 13.4. The van der Waals surface area contributed by atoms with Crippen LogP contribution in [-0.2, 0) is 0 Å². The SMILES string of the molecule is C/C=C\C(C)=C(\N)C(=N)N. The lowest BCUT2D eigenvalue weighted by Gasteiger charge is -1.99. The highest BCUT2D eigenvalue weighted by molar-refractivity contribution is 5.94. The van der Waals surface area contributed by atoms with E-state index in [1.54, 1.807) is 0 Å². The number of hydrogen-bond acceptors (Lipinski definition) is 2. The molecule has 0 aliphatic carbocycles. The van der Waals surface area contributed by atoms with Gasteiger partial charge in [0.15, 0.2) is 0 Å². The maximum absolute atomic E-state index is 6.97. The van der Waals surface area contributed by atoms with Crippen molar-refractivity contribution in [2.75, 3.05) is 0 Å². The quantitative estimate of drug-likeness (QED) is 0.299. The summed E-state index contributed by atoms with van der Waals surface area (Å²) in [6.45, 7) is 3.70. The van der Waals surface area contributed by atoms with Crippen molar-refractivity contribution in [2.45, 2.75) is 13.8 Å². The third-order valence-corrected chi connectivity index (χ3v) is 1.13. The second-order valence-electron chi connectivity index (χ2n) is 2.01. The molecule has 0 radical (unpaired) electrons. The molecule has 0 spiro atoms. The van der Waals surface area contributed by atoms with Crippen LogP contribution in [0.2, 0.25) is 0 Å². The molecule has 0 atom stereocenters. The number of nitrogens with one attached hydrogen (secondary N) is 1. The number of hydrogen-bond donors (Lipinski definition) is 3. The van der Waals surface area contributed by atoms with Crippen molar-refractivity contribution in [3.8, 4) is 0 Å². The maximum atomic E-state index is 6.97. The van der Waals surface area contributed by atoms with E-state index < -0.39 is 0 Å². The van der Waals surface area contributed by atoms with Crippen molar-refractivity contribution in [1.29, 1.82) is 5.41 Å².